The normalized spacial score (nSPS) is 10.5. The molecule has 0 saturated heterocycles. The SMILES string of the molecule is COCCSc1ccc(CO)c(Br)c1. The largest absolute Gasteiger partial charge is 0.392 e. The molecule has 2 nitrogen and oxygen atoms in total. The lowest BCUT2D eigenvalue weighted by Crippen LogP contribution is -1.91. The third kappa shape index (κ3) is 3.61. The lowest BCUT2D eigenvalue weighted by molar-refractivity contribution is 0.218. The van der Waals surface area contributed by atoms with Crippen LogP contribution in [0, 0.1) is 0 Å². The molecule has 0 unspecified atom stereocenters. The number of benzene rings is 1. The van der Waals surface area contributed by atoms with Gasteiger partial charge >= 0.3 is 0 Å². The highest BCUT2D eigenvalue weighted by atomic mass is 79.9. The highest BCUT2D eigenvalue weighted by Gasteiger charge is 2.00. The molecule has 1 aromatic rings. The van der Waals surface area contributed by atoms with Crippen molar-refractivity contribution in [3.8, 4) is 0 Å². The lowest BCUT2D eigenvalue weighted by Gasteiger charge is -2.04. The first-order valence-electron chi connectivity index (χ1n) is 4.29. The van der Waals surface area contributed by atoms with Gasteiger partial charge in [0.2, 0.25) is 0 Å². The second-order valence-corrected chi connectivity index (χ2v) is 4.78. The van der Waals surface area contributed by atoms with E-state index in [0.717, 1.165) is 22.4 Å². The molecule has 0 aliphatic rings. The van der Waals surface area contributed by atoms with E-state index < -0.39 is 0 Å². The summed E-state index contributed by atoms with van der Waals surface area (Å²) in [7, 11) is 1.70. The average molecular weight is 277 g/mol. The summed E-state index contributed by atoms with van der Waals surface area (Å²) in [6.07, 6.45) is 0. The van der Waals surface area contributed by atoms with Crippen LogP contribution in [0.1, 0.15) is 5.56 Å². The fourth-order valence-electron chi connectivity index (χ4n) is 0.989. The maximum Gasteiger partial charge on any atom is 0.0692 e. The van der Waals surface area contributed by atoms with Gasteiger partial charge in [0.05, 0.1) is 13.2 Å². The van der Waals surface area contributed by atoms with Gasteiger partial charge in [0.1, 0.15) is 0 Å². The van der Waals surface area contributed by atoms with E-state index in [1.54, 1.807) is 18.9 Å². The molecule has 1 N–H and O–H groups in total. The molecule has 78 valence electrons. The average Bonchev–Trinajstić information content (AvgIpc) is 2.18. The molecular formula is C10H13BrO2S. The van der Waals surface area contributed by atoms with Crippen LogP contribution in [-0.4, -0.2) is 24.6 Å². The summed E-state index contributed by atoms with van der Waals surface area (Å²) in [5.74, 6) is 0.946. The van der Waals surface area contributed by atoms with Gasteiger partial charge in [-0.1, -0.05) is 22.0 Å². The Hall–Kier alpha value is -0.0300. The van der Waals surface area contributed by atoms with Gasteiger partial charge in [0.25, 0.3) is 0 Å². The van der Waals surface area contributed by atoms with E-state index >= 15 is 0 Å². The van der Waals surface area contributed by atoms with Gasteiger partial charge in [-0.15, -0.1) is 11.8 Å². The monoisotopic (exact) mass is 276 g/mol. The summed E-state index contributed by atoms with van der Waals surface area (Å²) in [6.45, 7) is 0.827. The van der Waals surface area contributed by atoms with E-state index in [1.165, 1.54) is 4.90 Å². The first-order valence-corrected chi connectivity index (χ1v) is 6.07. The number of ether oxygens (including phenoxy) is 1. The molecule has 0 heterocycles. The second kappa shape index (κ2) is 6.45. The number of aliphatic hydroxyl groups excluding tert-OH is 1. The Balaban J connectivity index is 2.57. The van der Waals surface area contributed by atoms with Crippen LogP contribution in [-0.2, 0) is 11.3 Å². The summed E-state index contributed by atoms with van der Waals surface area (Å²) < 4.78 is 5.93. The van der Waals surface area contributed by atoms with Crippen LogP contribution in [0.3, 0.4) is 0 Å². The van der Waals surface area contributed by atoms with Gasteiger partial charge in [-0.25, -0.2) is 0 Å². The minimum atomic E-state index is 0.0730. The van der Waals surface area contributed by atoms with Crippen molar-refractivity contribution in [2.75, 3.05) is 19.5 Å². The second-order valence-electron chi connectivity index (χ2n) is 2.75. The molecule has 0 aliphatic carbocycles. The Morgan fingerprint density at radius 3 is 2.86 bits per heavy atom. The molecule has 0 atom stereocenters. The van der Waals surface area contributed by atoms with Gasteiger partial charge in [-0.2, -0.15) is 0 Å². The first-order chi connectivity index (χ1) is 6.77. The molecule has 1 rings (SSSR count). The van der Waals surface area contributed by atoms with Crippen molar-refractivity contribution in [3.63, 3.8) is 0 Å². The summed E-state index contributed by atoms with van der Waals surface area (Å²) in [5, 5.41) is 8.97. The smallest absolute Gasteiger partial charge is 0.0692 e. The van der Waals surface area contributed by atoms with Crippen LogP contribution >= 0.6 is 27.7 Å². The summed E-state index contributed by atoms with van der Waals surface area (Å²) in [6, 6.07) is 5.96. The van der Waals surface area contributed by atoms with Crippen molar-refractivity contribution in [1.29, 1.82) is 0 Å². The van der Waals surface area contributed by atoms with Gasteiger partial charge < -0.3 is 9.84 Å². The molecule has 0 bridgehead atoms. The number of rotatable bonds is 5. The van der Waals surface area contributed by atoms with Crippen molar-refractivity contribution in [1.82, 2.24) is 0 Å². The molecule has 0 radical (unpaired) electrons. The summed E-state index contributed by atoms with van der Waals surface area (Å²) >= 11 is 5.15. The molecule has 0 saturated carbocycles. The van der Waals surface area contributed by atoms with Crippen LogP contribution in [0.2, 0.25) is 0 Å². The van der Waals surface area contributed by atoms with Gasteiger partial charge in [-0.05, 0) is 17.7 Å². The minimum absolute atomic E-state index is 0.0730. The number of hydrogen-bond donors (Lipinski definition) is 1. The molecule has 0 aromatic heterocycles. The first kappa shape index (κ1) is 12.0. The fourth-order valence-corrected chi connectivity index (χ4v) is 2.50. The Kier molecular flexibility index (Phi) is 5.55. The fraction of sp³-hybridized carbons (Fsp3) is 0.400. The third-order valence-corrected chi connectivity index (χ3v) is 3.45. The zero-order valence-corrected chi connectivity index (χ0v) is 10.4. The number of hydrogen-bond acceptors (Lipinski definition) is 3. The zero-order chi connectivity index (χ0) is 10.4. The van der Waals surface area contributed by atoms with Crippen LogP contribution in [0.4, 0.5) is 0 Å². The quantitative estimate of drug-likeness (QED) is 0.663. The van der Waals surface area contributed by atoms with E-state index in [9.17, 15) is 0 Å². The standard InChI is InChI=1S/C10H13BrO2S/c1-13-4-5-14-9-3-2-8(7-12)10(11)6-9/h2-3,6,12H,4-5,7H2,1H3. The Bertz CT molecular complexity index is 291. The van der Waals surface area contributed by atoms with E-state index in [1.807, 2.05) is 18.2 Å². The molecule has 1 aromatic carbocycles. The summed E-state index contributed by atoms with van der Waals surface area (Å²) in [5.41, 5.74) is 0.918. The topological polar surface area (TPSA) is 29.5 Å². The van der Waals surface area contributed by atoms with E-state index in [-0.39, 0.29) is 6.61 Å². The van der Waals surface area contributed by atoms with Crippen LogP contribution in [0.15, 0.2) is 27.6 Å². The van der Waals surface area contributed by atoms with Crippen molar-refractivity contribution in [2.24, 2.45) is 0 Å². The van der Waals surface area contributed by atoms with Crippen LogP contribution in [0.25, 0.3) is 0 Å². The number of methoxy groups -OCH3 is 1. The number of halogens is 1. The highest BCUT2D eigenvalue weighted by Crippen LogP contribution is 2.25. The van der Waals surface area contributed by atoms with Gasteiger partial charge in [0.15, 0.2) is 0 Å². The van der Waals surface area contributed by atoms with Crippen molar-refractivity contribution < 1.29 is 9.84 Å². The number of aliphatic hydroxyl groups is 1. The Morgan fingerprint density at radius 2 is 2.29 bits per heavy atom. The molecule has 4 heteroatoms. The molecule has 14 heavy (non-hydrogen) atoms. The molecule has 0 spiro atoms. The predicted molar refractivity (Wildman–Crippen MR) is 62.7 cm³/mol. The van der Waals surface area contributed by atoms with Crippen LogP contribution < -0.4 is 0 Å². The highest BCUT2D eigenvalue weighted by molar-refractivity contribution is 9.10. The van der Waals surface area contributed by atoms with Gasteiger partial charge in [0, 0.05) is 22.2 Å². The lowest BCUT2D eigenvalue weighted by atomic mass is 10.2. The maximum absolute atomic E-state index is 8.97. The van der Waals surface area contributed by atoms with Crippen molar-refractivity contribution in [3.05, 3.63) is 28.2 Å². The van der Waals surface area contributed by atoms with Crippen LogP contribution in [0.5, 0.6) is 0 Å². The minimum Gasteiger partial charge on any atom is -0.392 e. The Labute approximate surface area is 96.8 Å². The number of thioether (sulfide) groups is 1. The Morgan fingerprint density at radius 1 is 1.50 bits per heavy atom. The third-order valence-electron chi connectivity index (χ3n) is 1.75. The summed E-state index contributed by atoms with van der Waals surface area (Å²) in [4.78, 5) is 1.19. The molecule has 0 amide bonds. The van der Waals surface area contributed by atoms with E-state index in [4.69, 9.17) is 9.84 Å². The maximum atomic E-state index is 8.97. The van der Waals surface area contributed by atoms with Crippen molar-refractivity contribution in [2.45, 2.75) is 11.5 Å². The van der Waals surface area contributed by atoms with Gasteiger partial charge in [-0.3, -0.25) is 0 Å². The zero-order valence-electron chi connectivity index (χ0n) is 8.00. The molecular weight excluding hydrogens is 264 g/mol. The van der Waals surface area contributed by atoms with E-state index in [2.05, 4.69) is 15.9 Å². The van der Waals surface area contributed by atoms with E-state index in [0.29, 0.717) is 0 Å². The van der Waals surface area contributed by atoms with Crippen molar-refractivity contribution >= 4 is 27.7 Å². The predicted octanol–water partition coefficient (Wildman–Crippen LogP) is 2.68. The molecule has 0 fully saturated rings. The molecule has 0 aliphatic heterocycles.